The Morgan fingerprint density at radius 2 is 2.00 bits per heavy atom. The molecular weight excluding hydrogens is 312 g/mol. The van der Waals surface area contributed by atoms with Crippen LogP contribution in [0.2, 0.25) is 0 Å². The quantitative estimate of drug-likeness (QED) is 0.626. The van der Waals surface area contributed by atoms with Gasteiger partial charge < -0.3 is 19.9 Å². The first-order valence-electron chi connectivity index (χ1n) is 10.6. The van der Waals surface area contributed by atoms with Crippen molar-refractivity contribution in [2.75, 3.05) is 46.4 Å². The van der Waals surface area contributed by atoms with Gasteiger partial charge >= 0.3 is 0 Å². The Hall–Kier alpha value is -0.810. The second kappa shape index (κ2) is 6.41. The second-order valence-electron chi connectivity index (χ2n) is 9.11. The van der Waals surface area contributed by atoms with Crippen LogP contribution in [0.1, 0.15) is 44.9 Å². The zero-order valence-electron chi connectivity index (χ0n) is 15.8. The molecule has 0 amide bonds. The lowest BCUT2D eigenvalue weighted by atomic mass is 9.46. The Bertz CT molecular complexity index is 526. The van der Waals surface area contributed by atoms with Crippen molar-refractivity contribution in [3.05, 3.63) is 0 Å². The van der Waals surface area contributed by atoms with Crippen molar-refractivity contribution in [2.45, 2.75) is 57.1 Å². The Balaban J connectivity index is 1.20. The smallest absolute Gasteiger partial charge is 0.193 e. The van der Waals surface area contributed by atoms with E-state index in [1.807, 2.05) is 7.05 Å². The van der Waals surface area contributed by atoms with Gasteiger partial charge in [-0.1, -0.05) is 6.42 Å². The summed E-state index contributed by atoms with van der Waals surface area (Å²) in [6, 6.07) is 0.602. The molecule has 25 heavy (non-hydrogen) atoms. The van der Waals surface area contributed by atoms with Crippen LogP contribution in [-0.4, -0.2) is 74.3 Å². The van der Waals surface area contributed by atoms with Crippen molar-refractivity contribution in [2.24, 2.45) is 22.2 Å². The fraction of sp³-hybridized carbons (Fsp3) is 0.950. The van der Waals surface area contributed by atoms with Crippen molar-refractivity contribution in [1.29, 1.82) is 0 Å². The van der Waals surface area contributed by atoms with E-state index in [4.69, 9.17) is 4.74 Å². The predicted octanol–water partition coefficient (Wildman–Crippen LogP) is 1.94. The minimum Gasteiger partial charge on any atom is -0.377 e. The molecule has 1 N–H and O–H groups in total. The van der Waals surface area contributed by atoms with Gasteiger partial charge in [0.15, 0.2) is 5.96 Å². The van der Waals surface area contributed by atoms with Gasteiger partial charge in [0.2, 0.25) is 0 Å². The number of nitrogens with one attached hydrogen (secondary N) is 1. The standard InChI is InChI=1S/C20H34N4O/c1-21-19(24-11-5-15(14-24)13-23-9-2-3-10-23)22-17-16-6-12-25-18(16)20(17)7-4-8-20/h15-18H,2-14H2,1H3,(H,21,22). The maximum absolute atomic E-state index is 6.07. The fourth-order valence-corrected chi connectivity index (χ4v) is 6.40. The molecule has 3 saturated heterocycles. The molecule has 0 aromatic rings. The third-order valence-corrected chi connectivity index (χ3v) is 7.83. The van der Waals surface area contributed by atoms with Crippen molar-refractivity contribution < 1.29 is 4.74 Å². The predicted molar refractivity (Wildman–Crippen MR) is 99.8 cm³/mol. The lowest BCUT2D eigenvalue weighted by Gasteiger charge is -2.63. The first-order valence-corrected chi connectivity index (χ1v) is 10.6. The van der Waals surface area contributed by atoms with Gasteiger partial charge in [-0.05, 0) is 57.5 Å². The van der Waals surface area contributed by atoms with Crippen LogP contribution < -0.4 is 5.32 Å². The van der Waals surface area contributed by atoms with E-state index in [1.54, 1.807) is 0 Å². The lowest BCUT2D eigenvalue weighted by Crippen LogP contribution is -2.72. The SMILES string of the molecule is CN=C(NC1C2CCOC2C12CCC2)N1CCC(CN2CCCC2)C1. The average Bonchev–Trinajstić information content (AvgIpc) is 3.29. The highest BCUT2D eigenvalue weighted by atomic mass is 16.5. The largest absolute Gasteiger partial charge is 0.377 e. The van der Waals surface area contributed by atoms with E-state index in [0.717, 1.165) is 24.4 Å². The highest BCUT2D eigenvalue weighted by molar-refractivity contribution is 5.81. The van der Waals surface area contributed by atoms with Crippen LogP contribution in [0.25, 0.3) is 0 Å². The van der Waals surface area contributed by atoms with Gasteiger partial charge in [-0.25, -0.2) is 0 Å². The number of fused-ring (bicyclic) bond motifs is 2. The summed E-state index contributed by atoms with van der Waals surface area (Å²) in [6.07, 6.45) is 9.97. The normalized spacial score (nSPS) is 40.2. The molecule has 2 saturated carbocycles. The third kappa shape index (κ3) is 2.61. The van der Waals surface area contributed by atoms with E-state index in [9.17, 15) is 0 Å². The Kier molecular flexibility index (Phi) is 4.20. The van der Waals surface area contributed by atoms with E-state index < -0.39 is 0 Å². The molecule has 0 aromatic carbocycles. The molecule has 4 unspecified atom stereocenters. The van der Waals surface area contributed by atoms with Gasteiger partial charge in [-0.3, -0.25) is 4.99 Å². The van der Waals surface area contributed by atoms with Crippen LogP contribution in [0, 0.1) is 17.3 Å². The third-order valence-electron chi connectivity index (χ3n) is 7.83. The minimum absolute atomic E-state index is 0.436. The Morgan fingerprint density at radius 1 is 1.16 bits per heavy atom. The number of likely N-dealkylation sites (tertiary alicyclic amines) is 2. The summed E-state index contributed by atoms with van der Waals surface area (Å²) < 4.78 is 6.07. The first kappa shape index (κ1) is 16.4. The molecule has 5 rings (SSSR count). The van der Waals surface area contributed by atoms with Crippen LogP contribution in [0.5, 0.6) is 0 Å². The van der Waals surface area contributed by atoms with Gasteiger partial charge in [0.1, 0.15) is 0 Å². The van der Waals surface area contributed by atoms with Gasteiger partial charge in [0, 0.05) is 50.7 Å². The van der Waals surface area contributed by atoms with Crippen LogP contribution >= 0.6 is 0 Å². The summed E-state index contributed by atoms with van der Waals surface area (Å²) in [4.78, 5) is 9.86. The molecular formula is C20H34N4O. The fourth-order valence-electron chi connectivity index (χ4n) is 6.40. The summed E-state index contributed by atoms with van der Waals surface area (Å²) in [7, 11) is 1.96. The van der Waals surface area contributed by atoms with Gasteiger partial charge in [-0.2, -0.15) is 0 Å². The maximum Gasteiger partial charge on any atom is 0.193 e. The van der Waals surface area contributed by atoms with E-state index in [0.29, 0.717) is 17.6 Å². The van der Waals surface area contributed by atoms with E-state index in [1.165, 1.54) is 77.7 Å². The molecule has 5 heteroatoms. The van der Waals surface area contributed by atoms with Gasteiger partial charge in [0.05, 0.1) is 6.10 Å². The van der Waals surface area contributed by atoms with E-state index >= 15 is 0 Å². The molecule has 3 aliphatic heterocycles. The van der Waals surface area contributed by atoms with Gasteiger partial charge in [0.25, 0.3) is 0 Å². The van der Waals surface area contributed by atoms with Crippen molar-refractivity contribution in [3.63, 3.8) is 0 Å². The molecule has 3 heterocycles. The average molecular weight is 347 g/mol. The molecule has 2 aliphatic carbocycles. The van der Waals surface area contributed by atoms with Gasteiger partial charge in [-0.15, -0.1) is 0 Å². The molecule has 5 aliphatic rings. The molecule has 1 spiro atoms. The minimum atomic E-state index is 0.436. The molecule has 5 nitrogen and oxygen atoms in total. The van der Waals surface area contributed by atoms with Crippen LogP contribution in [-0.2, 0) is 4.74 Å². The van der Waals surface area contributed by atoms with E-state index in [2.05, 4.69) is 20.1 Å². The number of rotatable bonds is 3. The molecule has 140 valence electrons. The topological polar surface area (TPSA) is 40.1 Å². The first-order chi connectivity index (χ1) is 12.3. The summed E-state index contributed by atoms with van der Waals surface area (Å²) >= 11 is 0. The van der Waals surface area contributed by atoms with E-state index in [-0.39, 0.29) is 0 Å². The molecule has 4 atom stereocenters. The Labute approximate surface area is 152 Å². The number of ether oxygens (including phenoxy) is 1. The highest BCUT2D eigenvalue weighted by Gasteiger charge is 2.66. The van der Waals surface area contributed by atoms with Crippen LogP contribution in [0.15, 0.2) is 4.99 Å². The van der Waals surface area contributed by atoms with Crippen molar-refractivity contribution in [1.82, 2.24) is 15.1 Å². The number of hydrogen-bond acceptors (Lipinski definition) is 3. The zero-order chi connectivity index (χ0) is 16.9. The Morgan fingerprint density at radius 3 is 2.72 bits per heavy atom. The summed E-state index contributed by atoms with van der Waals surface area (Å²) in [5.41, 5.74) is 0.436. The number of nitrogens with zero attached hydrogens (tertiary/aromatic N) is 3. The maximum atomic E-state index is 6.07. The van der Waals surface area contributed by atoms with Crippen molar-refractivity contribution in [3.8, 4) is 0 Å². The molecule has 0 bridgehead atoms. The molecule has 0 radical (unpaired) electrons. The van der Waals surface area contributed by atoms with Crippen molar-refractivity contribution >= 4 is 5.96 Å². The molecule has 5 fully saturated rings. The lowest BCUT2D eigenvalue weighted by molar-refractivity contribution is -0.171. The number of hydrogen-bond donors (Lipinski definition) is 1. The highest BCUT2D eigenvalue weighted by Crippen LogP contribution is 2.62. The number of aliphatic imine (C=N–C) groups is 1. The molecule has 0 aromatic heterocycles. The second-order valence-corrected chi connectivity index (χ2v) is 9.11. The van der Waals surface area contributed by atoms with Crippen LogP contribution in [0.3, 0.4) is 0 Å². The zero-order valence-corrected chi connectivity index (χ0v) is 15.8. The number of guanidine groups is 1. The summed E-state index contributed by atoms with van der Waals surface area (Å²) in [6.45, 7) is 7.24. The monoisotopic (exact) mass is 346 g/mol. The summed E-state index contributed by atoms with van der Waals surface area (Å²) in [5, 5.41) is 3.91. The van der Waals surface area contributed by atoms with Crippen LogP contribution in [0.4, 0.5) is 0 Å². The summed E-state index contributed by atoms with van der Waals surface area (Å²) in [5.74, 6) is 2.70.